The second-order valence-electron chi connectivity index (χ2n) is 5.26. The Kier molecular flexibility index (Phi) is 4.26. The number of rotatable bonds is 4. The van der Waals surface area contributed by atoms with Crippen molar-refractivity contribution in [2.45, 2.75) is 25.9 Å². The van der Waals surface area contributed by atoms with Gasteiger partial charge in [-0.2, -0.15) is 0 Å². The lowest BCUT2D eigenvalue weighted by Crippen LogP contribution is -2.49. The number of nitrogens with two attached hydrogens (primary N) is 1. The van der Waals surface area contributed by atoms with Crippen molar-refractivity contribution in [3.8, 4) is 0 Å². The van der Waals surface area contributed by atoms with Crippen molar-refractivity contribution in [2.75, 3.05) is 7.05 Å². The zero-order valence-corrected chi connectivity index (χ0v) is 12.9. The zero-order valence-electron chi connectivity index (χ0n) is 12.1. The van der Waals surface area contributed by atoms with Gasteiger partial charge in [-0.15, -0.1) is 11.3 Å². The Labute approximate surface area is 124 Å². The van der Waals surface area contributed by atoms with E-state index in [4.69, 9.17) is 5.73 Å². The third-order valence-corrected chi connectivity index (χ3v) is 4.52. The van der Waals surface area contributed by atoms with E-state index in [-0.39, 0.29) is 5.91 Å². The Morgan fingerprint density at radius 1 is 1.30 bits per heavy atom. The maximum Gasteiger partial charge on any atom is 0.247 e. The summed E-state index contributed by atoms with van der Waals surface area (Å²) in [5.74, 6) is -0.0727. The van der Waals surface area contributed by atoms with Crippen LogP contribution in [0.2, 0.25) is 0 Å². The third kappa shape index (κ3) is 2.92. The molecular weight excluding hydrogens is 268 g/mol. The Morgan fingerprint density at radius 2 is 1.95 bits per heavy atom. The van der Waals surface area contributed by atoms with E-state index >= 15 is 0 Å². The molecule has 0 aliphatic heterocycles. The molecule has 106 valence electrons. The first-order valence-corrected chi connectivity index (χ1v) is 7.44. The zero-order chi connectivity index (χ0) is 14.8. The fourth-order valence-electron chi connectivity index (χ4n) is 2.16. The Morgan fingerprint density at radius 3 is 2.50 bits per heavy atom. The van der Waals surface area contributed by atoms with Gasteiger partial charge >= 0.3 is 0 Å². The Hall–Kier alpha value is -1.65. The standard InChI is InChI=1S/C16H20N2OS/c1-12-9-10-20-14(12)11-18(3)15(19)16(2,17)13-7-5-4-6-8-13/h4-10H,11,17H2,1-3H3. The SMILES string of the molecule is Cc1ccsc1CN(C)C(=O)C(C)(N)c1ccccc1. The van der Waals surface area contributed by atoms with E-state index in [1.54, 1.807) is 30.2 Å². The molecule has 1 aromatic heterocycles. The van der Waals surface area contributed by atoms with E-state index in [9.17, 15) is 4.79 Å². The molecule has 1 aromatic carbocycles. The highest BCUT2D eigenvalue weighted by molar-refractivity contribution is 7.10. The van der Waals surface area contributed by atoms with Gasteiger partial charge in [0.05, 0.1) is 6.54 Å². The molecule has 0 fully saturated rings. The molecular formula is C16H20N2OS. The number of hydrogen-bond donors (Lipinski definition) is 1. The van der Waals surface area contributed by atoms with Gasteiger partial charge in [0, 0.05) is 11.9 Å². The average molecular weight is 288 g/mol. The van der Waals surface area contributed by atoms with E-state index in [1.165, 1.54) is 10.4 Å². The first kappa shape index (κ1) is 14.8. The highest BCUT2D eigenvalue weighted by Gasteiger charge is 2.33. The lowest BCUT2D eigenvalue weighted by molar-refractivity contribution is -0.135. The molecule has 0 saturated heterocycles. The van der Waals surface area contributed by atoms with Crippen LogP contribution in [-0.4, -0.2) is 17.9 Å². The normalized spacial score (nSPS) is 13.8. The molecule has 2 rings (SSSR count). The van der Waals surface area contributed by atoms with Crippen LogP contribution in [0.1, 0.15) is 22.9 Å². The third-order valence-electron chi connectivity index (χ3n) is 3.51. The van der Waals surface area contributed by atoms with E-state index in [2.05, 4.69) is 13.0 Å². The number of nitrogens with zero attached hydrogens (tertiary/aromatic N) is 1. The van der Waals surface area contributed by atoms with Crippen molar-refractivity contribution in [3.63, 3.8) is 0 Å². The molecule has 1 amide bonds. The molecule has 0 bridgehead atoms. The summed E-state index contributed by atoms with van der Waals surface area (Å²) in [6, 6.07) is 11.6. The summed E-state index contributed by atoms with van der Waals surface area (Å²) in [7, 11) is 1.80. The first-order chi connectivity index (χ1) is 9.43. The van der Waals surface area contributed by atoms with Crippen LogP contribution in [0, 0.1) is 6.92 Å². The molecule has 0 radical (unpaired) electrons. The molecule has 4 heteroatoms. The number of carbonyl (C=O) groups excluding carboxylic acids is 1. The lowest BCUT2D eigenvalue weighted by Gasteiger charge is -2.29. The van der Waals surface area contributed by atoms with Crippen LogP contribution in [-0.2, 0) is 16.9 Å². The minimum absolute atomic E-state index is 0.0727. The predicted molar refractivity (Wildman–Crippen MR) is 83.5 cm³/mol. The van der Waals surface area contributed by atoms with Gasteiger partial charge in [0.15, 0.2) is 0 Å². The summed E-state index contributed by atoms with van der Waals surface area (Å²) < 4.78 is 0. The van der Waals surface area contributed by atoms with Gasteiger partial charge < -0.3 is 10.6 Å². The number of amides is 1. The predicted octanol–water partition coefficient (Wildman–Crippen LogP) is 2.89. The molecule has 0 saturated carbocycles. The van der Waals surface area contributed by atoms with Crippen molar-refractivity contribution >= 4 is 17.2 Å². The molecule has 2 aromatic rings. The van der Waals surface area contributed by atoms with Crippen LogP contribution in [0.5, 0.6) is 0 Å². The van der Waals surface area contributed by atoms with Crippen molar-refractivity contribution in [1.82, 2.24) is 4.90 Å². The summed E-state index contributed by atoms with van der Waals surface area (Å²) in [5.41, 5.74) is 7.31. The molecule has 1 unspecified atom stereocenters. The highest BCUT2D eigenvalue weighted by atomic mass is 32.1. The highest BCUT2D eigenvalue weighted by Crippen LogP contribution is 2.23. The maximum absolute atomic E-state index is 12.6. The van der Waals surface area contributed by atoms with Gasteiger partial charge in [-0.25, -0.2) is 0 Å². The van der Waals surface area contributed by atoms with Gasteiger partial charge in [0.1, 0.15) is 5.54 Å². The first-order valence-electron chi connectivity index (χ1n) is 6.56. The van der Waals surface area contributed by atoms with Gasteiger partial charge in [-0.05, 0) is 36.4 Å². The molecule has 1 atom stereocenters. The van der Waals surface area contributed by atoms with E-state index in [0.29, 0.717) is 6.54 Å². The molecule has 3 nitrogen and oxygen atoms in total. The number of thiophene rings is 1. The number of benzene rings is 1. The topological polar surface area (TPSA) is 46.3 Å². The largest absolute Gasteiger partial charge is 0.339 e. The van der Waals surface area contributed by atoms with E-state index < -0.39 is 5.54 Å². The monoisotopic (exact) mass is 288 g/mol. The quantitative estimate of drug-likeness (QED) is 0.940. The summed E-state index contributed by atoms with van der Waals surface area (Å²) in [6.45, 7) is 4.42. The lowest BCUT2D eigenvalue weighted by atomic mass is 9.92. The molecule has 0 aliphatic rings. The molecule has 1 heterocycles. The fraction of sp³-hybridized carbons (Fsp3) is 0.312. The average Bonchev–Trinajstić information content (AvgIpc) is 2.84. The van der Waals surface area contributed by atoms with Crippen molar-refractivity contribution in [2.24, 2.45) is 5.73 Å². The summed E-state index contributed by atoms with van der Waals surface area (Å²) in [4.78, 5) is 15.5. The molecule has 0 spiro atoms. The molecule has 20 heavy (non-hydrogen) atoms. The number of likely N-dealkylation sites (N-methyl/N-ethyl adjacent to an activating group) is 1. The van der Waals surface area contributed by atoms with Gasteiger partial charge in [-0.1, -0.05) is 30.3 Å². The minimum Gasteiger partial charge on any atom is -0.339 e. The molecule has 2 N–H and O–H groups in total. The Balaban J connectivity index is 2.16. The van der Waals surface area contributed by atoms with Crippen molar-refractivity contribution in [3.05, 3.63) is 57.8 Å². The second kappa shape index (κ2) is 5.77. The van der Waals surface area contributed by atoms with Crippen LogP contribution < -0.4 is 5.73 Å². The number of hydrogen-bond acceptors (Lipinski definition) is 3. The van der Waals surface area contributed by atoms with Crippen LogP contribution in [0.4, 0.5) is 0 Å². The minimum atomic E-state index is -0.999. The maximum atomic E-state index is 12.6. The van der Waals surface area contributed by atoms with Gasteiger partial charge in [0.25, 0.3) is 0 Å². The van der Waals surface area contributed by atoms with Gasteiger partial charge in [0.2, 0.25) is 5.91 Å². The van der Waals surface area contributed by atoms with Crippen molar-refractivity contribution < 1.29 is 4.79 Å². The summed E-state index contributed by atoms with van der Waals surface area (Å²) >= 11 is 1.67. The number of aryl methyl sites for hydroxylation is 1. The van der Waals surface area contributed by atoms with E-state index in [0.717, 1.165) is 5.56 Å². The van der Waals surface area contributed by atoms with Crippen LogP contribution in [0.3, 0.4) is 0 Å². The summed E-state index contributed by atoms with van der Waals surface area (Å²) in [6.07, 6.45) is 0. The number of carbonyl (C=O) groups is 1. The smallest absolute Gasteiger partial charge is 0.247 e. The molecule has 0 aliphatic carbocycles. The van der Waals surface area contributed by atoms with Crippen LogP contribution >= 0.6 is 11.3 Å². The van der Waals surface area contributed by atoms with Crippen LogP contribution in [0.25, 0.3) is 0 Å². The van der Waals surface area contributed by atoms with Crippen LogP contribution in [0.15, 0.2) is 41.8 Å². The van der Waals surface area contributed by atoms with Crippen molar-refractivity contribution in [1.29, 1.82) is 0 Å². The van der Waals surface area contributed by atoms with E-state index in [1.807, 2.05) is 35.7 Å². The Bertz CT molecular complexity index is 590. The van der Waals surface area contributed by atoms with Gasteiger partial charge in [-0.3, -0.25) is 4.79 Å². The second-order valence-corrected chi connectivity index (χ2v) is 6.26. The fourth-order valence-corrected chi connectivity index (χ4v) is 3.12. The summed E-state index contributed by atoms with van der Waals surface area (Å²) in [5, 5.41) is 2.04.